The molecule has 7 nitrogen and oxygen atoms in total. The molecule has 27 heavy (non-hydrogen) atoms. The number of sulfonamides is 1. The van der Waals surface area contributed by atoms with Gasteiger partial charge in [0.15, 0.2) is 0 Å². The summed E-state index contributed by atoms with van der Waals surface area (Å²) in [5.74, 6) is 1.04. The Morgan fingerprint density at radius 3 is 2.48 bits per heavy atom. The minimum absolute atomic E-state index is 0.134. The van der Waals surface area contributed by atoms with E-state index in [-0.39, 0.29) is 17.3 Å². The zero-order valence-electron chi connectivity index (χ0n) is 15.0. The van der Waals surface area contributed by atoms with E-state index >= 15 is 0 Å². The Morgan fingerprint density at radius 1 is 1.19 bits per heavy atom. The molecule has 142 valence electrons. The first-order valence-corrected chi connectivity index (χ1v) is 9.90. The van der Waals surface area contributed by atoms with Gasteiger partial charge in [0, 0.05) is 5.56 Å². The fourth-order valence-electron chi connectivity index (χ4n) is 2.76. The van der Waals surface area contributed by atoms with Crippen LogP contribution in [-0.4, -0.2) is 25.7 Å². The molecule has 1 aromatic heterocycles. The maximum atomic E-state index is 12.7. The maximum absolute atomic E-state index is 12.7. The van der Waals surface area contributed by atoms with E-state index in [9.17, 15) is 8.42 Å². The lowest BCUT2D eigenvalue weighted by Gasteiger charge is -2.12. The third-order valence-electron chi connectivity index (χ3n) is 3.93. The lowest BCUT2D eigenvalue weighted by atomic mass is 10.1. The van der Waals surface area contributed by atoms with Crippen molar-refractivity contribution in [3.8, 4) is 17.1 Å². The molecule has 2 aromatic carbocycles. The molecule has 0 saturated carbocycles. The normalized spacial score (nSPS) is 11.6. The van der Waals surface area contributed by atoms with Gasteiger partial charge in [0.05, 0.1) is 23.6 Å². The van der Waals surface area contributed by atoms with Gasteiger partial charge in [0.2, 0.25) is 21.7 Å². The Bertz CT molecular complexity index is 1060. The summed E-state index contributed by atoms with van der Waals surface area (Å²) in [6.07, 6.45) is 0. The Kier molecular flexibility index (Phi) is 5.50. The Labute approximate surface area is 162 Å². The predicted molar refractivity (Wildman–Crippen MR) is 101 cm³/mol. The van der Waals surface area contributed by atoms with Crippen molar-refractivity contribution in [2.45, 2.75) is 25.3 Å². The van der Waals surface area contributed by atoms with Crippen molar-refractivity contribution in [2.24, 2.45) is 0 Å². The first kappa shape index (κ1) is 19.3. The van der Waals surface area contributed by atoms with E-state index in [1.807, 2.05) is 0 Å². The average Bonchev–Trinajstić information content (AvgIpc) is 3.08. The molecule has 0 aliphatic rings. The van der Waals surface area contributed by atoms with Gasteiger partial charge in [-0.05, 0) is 49.2 Å². The van der Waals surface area contributed by atoms with Crippen molar-refractivity contribution in [3.05, 3.63) is 58.4 Å². The Balaban J connectivity index is 1.80. The molecule has 3 aromatic rings. The lowest BCUT2D eigenvalue weighted by molar-refractivity contribution is 0.376. The van der Waals surface area contributed by atoms with Gasteiger partial charge >= 0.3 is 0 Å². The highest BCUT2D eigenvalue weighted by atomic mass is 35.5. The van der Waals surface area contributed by atoms with E-state index in [4.69, 9.17) is 20.9 Å². The Hall–Kier alpha value is -2.42. The van der Waals surface area contributed by atoms with E-state index in [2.05, 4.69) is 14.9 Å². The summed E-state index contributed by atoms with van der Waals surface area (Å²) in [4.78, 5) is 4.40. The number of aryl methyl sites for hydroxylation is 2. The SMILES string of the molecule is COc1cc(C)c(S(=O)(=O)NCc2nc(-c3ccccc3Cl)no2)c(C)c1. The van der Waals surface area contributed by atoms with Gasteiger partial charge in [-0.2, -0.15) is 4.98 Å². The topological polar surface area (TPSA) is 94.3 Å². The van der Waals surface area contributed by atoms with Gasteiger partial charge in [0.1, 0.15) is 5.75 Å². The molecule has 0 aliphatic heterocycles. The highest BCUT2D eigenvalue weighted by Crippen LogP contribution is 2.27. The first-order valence-electron chi connectivity index (χ1n) is 8.04. The number of aromatic nitrogens is 2. The highest BCUT2D eigenvalue weighted by molar-refractivity contribution is 7.89. The van der Waals surface area contributed by atoms with Gasteiger partial charge in [-0.1, -0.05) is 28.9 Å². The molecule has 0 fully saturated rings. The summed E-state index contributed by atoms with van der Waals surface area (Å²) in [5, 5.41) is 4.34. The van der Waals surface area contributed by atoms with E-state index in [1.54, 1.807) is 50.2 Å². The summed E-state index contributed by atoms with van der Waals surface area (Å²) >= 11 is 6.11. The molecule has 3 rings (SSSR count). The Morgan fingerprint density at radius 2 is 1.85 bits per heavy atom. The molecule has 0 bridgehead atoms. The van der Waals surface area contributed by atoms with E-state index < -0.39 is 10.0 Å². The van der Waals surface area contributed by atoms with Crippen molar-refractivity contribution in [1.82, 2.24) is 14.9 Å². The monoisotopic (exact) mass is 407 g/mol. The summed E-state index contributed by atoms with van der Waals surface area (Å²) in [5.41, 5.74) is 1.78. The van der Waals surface area contributed by atoms with Crippen molar-refractivity contribution in [3.63, 3.8) is 0 Å². The summed E-state index contributed by atoms with van der Waals surface area (Å²) in [6, 6.07) is 10.4. The van der Waals surface area contributed by atoms with Crippen LogP contribution in [0.1, 0.15) is 17.0 Å². The van der Waals surface area contributed by atoms with Crippen LogP contribution in [0.25, 0.3) is 11.4 Å². The van der Waals surface area contributed by atoms with Gasteiger partial charge in [-0.25, -0.2) is 13.1 Å². The highest BCUT2D eigenvalue weighted by Gasteiger charge is 2.22. The second kappa shape index (κ2) is 7.67. The number of nitrogens with zero attached hydrogens (tertiary/aromatic N) is 2. The molecule has 1 N–H and O–H groups in total. The average molecular weight is 408 g/mol. The van der Waals surface area contributed by atoms with Gasteiger partial charge < -0.3 is 9.26 Å². The quantitative estimate of drug-likeness (QED) is 0.672. The van der Waals surface area contributed by atoms with Crippen LogP contribution in [0.5, 0.6) is 5.75 Å². The second-order valence-corrected chi connectivity index (χ2v) is 8.02. The maximum Gasteiger partial charge on any atom is 0.242 e. The molecular formula is C18H18ClN3O4S. The van der Waals surface area contributed by atoms with E-state index in [1.165, 1.54) is 7.11 Å². The largest absolute Gasteiger partial charge is 0.497 e. The van der Waals surface area contributed by atoms with Crippen LogP contribution in [0, 0.1) is 13.8 Å². The van der Waals surface area contributed by atoms with Crippen LogP contribution >= 0.6 is 11.6 Å². The van der Waals surface area contributed by atoms with E-state index in [0.29, 0.717) is 33.3 Å². The molecular weight excluding hydrogens is 390 g/mol. The smallest absolute Gasteiger partial charge is 0.242 e. The predicted octanol–water partition coefficient (Wildman–Crippen LogP) is 3.49. The number of nitrogens with one attached hydrogen (secondary N) is 1. The number of hydrogen-bond acceptors (Lipinski definition) is 6. The zero-order valence-corrected chi connectivity index (χ0v) is 16.6. The minimum atomic E-state index is -3.77. The van der Waals surface area contributed by atoms with Crippen molar-refractivity contribution in [1.29, 1.82) is 0 Å². The van der Waals surface area contributed by atoms with Crippen LogP contribution in [0.2, 0.25) is 5.02 Å². The fourth-order valence-corrected chi connectivity index (χ4v) is 4.40. The lowest BCUT2D eigenvalue weighted by Crippen LogP contribution is -2.25. The van der Waals surface area contributed by atoms with Crippen molar-refractivity contribution < 1.29 is 17.7 Å². The summed E-state index contributed by atoms with van der Waals surface area (Å²) < 4.78 is 38.2. The van der Waals surface area contributed by atoms with Crippen LogP contribution in [-0.2, 0) is 16.6 Å². The fraction of sp³-hybridized carbons (Fsp3) is 0.222. The number of halogens is 1. The van der Waals surface area contributed by atoms with Gasteiger partial charge in [0.25, 0.3) is 0 Å². The second-order valence-electron chi connectivity index (χ2n) is 5.91. The number of methoxy groups -OCH3 is 1. The molecule has 1 heterocycles. The van der Waals surface area contributed by atoms with Crippen LogP contribution < -0.4 is 9.46 Å². The molecule has 0 atom stereocenters. The van der Waals surface area contributed by atoms with E-state index in [0.717, 1.165) is 0 Å². The van der Waals surface area contributed by atoms with Crippen LogP contribution in [0.15, 0.2) is 45.8 Å². The third kappa shape index (κ3) is 4.13. The zero-order chi connectivity index (χ0) is 19.6. The molecule has 0 amide bonds. The van der Waals surface area contributed by atoms with Gasteiger partial charge in [-0.3, -0.25) is 0 Å². The molecule has 0 aliphatic carbocycles. The van der Waals surface area contributed by atoms with Crippen LogP contribution in [0.3, 0.4) is 0 Å². The molecule has 0 radical (unpaired) electrons. The minimum Gasteiger partial charge on any atom is -0.497 e. The van der Waals surface area contributed by atoms with Crippen molar-refractivity contribution >= 4 is 21.6 Å². The third-order valence-corrected chi connectivity index (χ3v) is 5.97. The number of ether oxygens (including phenoxy) is 1. The molecule has 0 unspecified atom stereocenters. The number of rotatable bonds is 6. The summed E-state index contributed by atoms with van der Waals surface area (Å²) in [7, 11) is -2.23. The molecule has 9 heteroatoms. The first-order chi connectivity index (χ1) is 12.8. The molecule has 0 spiro atoms. The standard InChI is InChI=1S/C18H18ClN3O4S/c1-11-8-13(25-3)9-12(2)17(11)27(23,24)20-10-16-21-18(22-26-16)14-6-4-5-7-15(14)19/h4-9,20H,10H2,1-3H3. The van der Waals surface area contributed by atoms with Crippen molar-refractivity contribution in [2.75, 3.05) is 7.11 Å². The number of benzene rings is 2. The molecule has 0 saturated heterocycles. The van der Waals surface area contributed by atoms with Gasteiger partial charge in [-0.15, -0.1) is 0 Å². The summed E-state index contributed by atoms with van der Waals surface area (Å²) in [6.45, 7) is 3.29. The number of hydrogen-bond donors (Lipinski definition) is 1. The van der Waals surface area contributed by atoms with Crippen LogP contribution in [0.4, 0.5) is 0 Å².